The molecule has 0 saturated carbocycles. The second kappa shape index (κ2) is 4.55. The van der Waals surface area contributed by atoms with Gasteiger partial charge in [-0.2, -0.15) is 5.26 Å². The topological polar surface area (TPSA) is 49.8 Å². The van der Waals surface area contributed by atoms with Crippen molar-refractivity contribution < 1.29 is 4.39 Å². The van der Waals surface area contributed by atoms with Gasteiger partial charge in [0.15, 0.2) is 0 Å². The average molecular weight is 266 g/mol. The van der Waals surface area contributed by atoms with Gasteiger partial charge >= 0.3 is 0 Å². The third-order valence-electron chi connectivity index (χ3n) is 4.55. The maximum absolute atomic E-state index is 14.1. The molecule has 0 fully saturated rings. The van der Waals surface area contributed by atoms with Gasteiger partial charge in [0, 0.05) is 4.88 Å². The molecule has 18 heavy (non-hydrogen) atoms. The van der Waals surface area contributed by atoms with Crippen molar-refractivity contribution in [3.8, 4) is 6.07 Å². The summed E-state index contributed by atoms with van der Waals surface area (Å²) in [7, 11) is 0. The van der Waals surface area contributed by atoms with E-state index in [0.29, 0.717) is 27.8 Å². The second-order valence-corrected chi connectivity index (χ2v) is 6.51. The predicted molar refractivity (Wildman–Crippen MR) is 73.3 cm³/mol. The number of halogens is 1. The van der Waals surface area contributed by atoms with Crippen LogP contribution in [0.1, 0.15) is 62.2 Å². The number of anilines is 1. The van der Waals surface area contributed by atoms with E-state index < -0.39 is 6.17 Å². The summed E-state index contributed by atoms with van der Waals surface area (Å²) in [6.07, 6.45) is 1.40. The Morgan fingerprint density at radius 2 is 2.33 bits per heavy atom. The Morgan fingerprint density at radius 1 is 1.67 bits per heavy atom. The fourth-order valence-corrected chi connectivity index (χ4v) is 4.16. The smallest absolute Gasteiger partial charge is 0.135 e. The van der Waals surface area contributed by atoms with E-state index >= 15 is 0 Å². The molecule has 0 aliphatic heterocycles. The van der Waals surface area contributed by atoms with Crippen LogP contribution in [0.15, 0.2) is 0 Å². The van der Waals surface area contributed by atoms with Crippen LogP contribution in [0.25, 0.3) is 0 Å². The zero-order valence-electron chi connectivity index (χ0n) is 11.1. The zero-order valence-corrected chi connectivity index (χ0v) is 11.9. The molecule has 2 rings (SSSR count). The van der Waals surface area contributed by atoms with Gasteiger partial charge in [-0.25, -0.2) is 4.39 Å². The highest BCUT2D eigenvalue weighted by atomic mass is 32.1. The number of nitrogens with two attached hydrogens (primary N) is 1. The molecule has 0 radical (unpaired) electrons. The van der Waals surface area contributed by atoms with Gasteiger partial charge in [0.05, 0.1) is 5.56 Å². The maximum atomic E-state index is 14.1. The molecule has 1 aliphatic rings. The third kappa shape index (κ3) is 1.73. The lowest BCUT2D eigenvalue weighted by molar-refractivity contribution is 0.205. The fraction of sp³-hybridized carbons (Fsp3) is 0.643. The SMILES string of the molecule is CCC(C)C1(C)CCC(F)c2sc(N)c(C#N)c21. The van der Waals surface area contributed by atoms with E-state index in [1.165, 1.54) is 11.3 Å². The van der Waals surface area contributed by atoms with Gasteiger partial charge in [0.1, 0.15) is 17.2 Å². The van der Waals surface area contributed by atoms with Gasteiger partial charge in [-0.1, -0.05) is 27.2 Å². The Kier molecular flexibility index (Phi) is 3.37. The van der Waals surface area contributed by atoms with Crippen molar-refractivity contribution in [3.63, 3.8) is 0 Å². The van der Waals surface area contributed by atoms with Crippen LogP contribution in [0.4, 0.5) is 9.39 Å². The van der Waals surface area contributed by atoms with Gasteiger partial charge in [-0.15, -0.1) is 11.3 Å². The molecule has 4 heteroatoms. The molecule has 1 heterocycles. The summed E-state index contributed by atoms with van der Waals surface area (Å²) in [5, 5.41) is 9.76. The molecule has 0 aromatic carbocycles. The Hall–Kier alpha value is -1.08. The molecule has 3 unspecified atom stereocenters. The van der Waals surface area contributed by atoms with Crippen molar-refractivity contribution >= 4 is 16.3 Å². The number of nitriles is 1. The molecule has 3 atom stereocenters. The molecule has 0 amide bonds. The van der Waals surface area contributed by atoms with Crippen molar-refractivity contribution in [3.05, 3.63) is 16.0 Å². The van der Waals surface area contributed by atoms with Gasteiger partial charge in [-0.3, -0.25) is 0 Å². The Balaban J connectivity index is 2.66. The van der Waals surface area contributed by atoms with Crippen LogP contribution in [0.5, 0.6) is 0 Å². The summed E-state index contributed by atoms with van der Waals surface area (Å²) >= 11 is 1.26. The molecule has 98 valence electrons. The van der Waals surface area contributed by atoms with E-state index in [4.69, 9.17) is 5.73 Å². The quantitative estimate of drug-likeness (QED) is 0.867. The standard InChI is InChI=1S/C14H19FN2S/c1-4-8(2)14(3)6-5-10(15)12-11(14)9(7-16)13(17)18-12/h8,10H,4-6,17H2,1-3H3. The molecule has 0 bridgehead atoms. The van der Waals surface area contributed by atoms with Crippen LogP contribution in [0.3, 0.4) is 0 Å². The summed E-state index contributed by atoms with van der Waals surface area (Å²) in [5.74, 6) is 0.421. The molecule has 1 aromatic heterocycles. The highest BCUT2D eigenvalue weighted by molar-refractivity contribution is 7.16. The molecular formula is C14H19FN2S. The number of fused-ring (bicyclic) bond motifs is 1. The highest BCUT2D eigenvalue weighted by Gasteiger charge is 2.43. The Labute approximate surface area is 112 Å². The van der Waals surface area contributed by atoms with Crippen molar-refractivity contribution in [1.82, 2.24) is 0 Å². The molecule has 1 aliphatic carbocycles. The van der Waals surface area contributed by atoms with E-state index in [1.54, 1.807) is 0 Å². The second-order valence-electron chi connectivity index (χ2n) is 5.43. The van der Waals surface area contributed by atoms with Crippen LogP contribution >= 0.6 is 11.3 Å². The summed E-state index contributed by atoms with van der Waals surface area (Å²) in [6, 6.07) is 2.18. The minimum Gasteiger partial charge on any atom is -0.389 e. The number of hydrogen-bond donors (Lipinski definition) is 1. The monoisotopic (exact) mass is 266 g/mol. The van der Waals surface area contributed by atoms with Crippen LogP contribution < -0.4 is 5.73 Å². The zero-order chi connectivity index (χ0) is 13.5. The minimum absolute atomic E-state index is 0.119. The van der Waals surface area contributed by atoms with Crippen LogP contribution in [-0.4, -0.2) is 0 Å². The number of nitrogen functional groups attached to an aromatic ring is 1. The van der Waals surface area contributed by atoms with Gasteiger partial charge in [0.25, 0.3) is 0 Å². The van der Waals surface area contributed by atoms with Crippen LogP contribution in [0, 0.1) is 17.2 Å². The predicted octanol–water partition coefficient (Wildman–Crippen LogP) is 4.31. The molecule has 0 spiro atoms. The maximum Gasteiger partial charge on any atom is 0.135 e. The number of thiophene rings is 1. The van der Waals surface area contributed by atoms with E-state index in [9.17, 15) is 9.65 Å². The first-order chi connectivity index (χ1) is 8.45. The number of nitrogens with zero attached hydrogens (tertiary/aromatic N) is 1. The largest absolute Gasteiger partial charge is 0.389 e. The first-order valence-corrected chi connectivity index (χ1v) is 7.24. The summed E-state index contributed by atoms with van der Waals surface area (Å²) < 4.78 is 14.1. The van der Waals surface area contributed by atoms with Crippen LogP contribution in [-0.2, 0) is 5.41 Å². The van der Waals surface area contributed by atoms with E-state index in [2.05, 4.69) is 26.8 Å². The summed E-state index contributed by atoms with van der Waals surface area (Å²) in [4.78, 5) is 0.693. The third-order valence-corrected chi connectivity index (χ3v) is 5.65. The lowest BCUT2D eigenvalue weighted by atomic mass is 9.64. The fourth-order valence-electron chi connectivity index (χ4n) is 2.99. The number of rotatable bonds is 2. The molecular weight excluding hydrogens is 247 g/mol. The molecule has 2 nitrogen and oxygen atoms in total. The number of hydrogen-bond acceptors (Lipinski definition) is 3. The van der Waals surface area contributed by atoms with Crippen LogP contribution in [0.2, 0.25) is 0 Å². The molecule has 2 N–H and O–H groups in total. The van der Waals surface area contributed by atoms with E-state index in [1.807, 2.05) is 0 Å². The normalized spacial score (nSPS) is 28.5. The van der Waals surface area contributed by atoms with Crippen molar-refractivity contribution in [1.29, 1.82) is 5.26 Å². The van der Waals surface area contributed by atoms with Crippen molar-refractivity contribution in [2.24, 2.45) is 5.92 Å². The lowest BCUT2D eigenvalue weighted by Gasteiger charge is -2.40. The summed E-state index contributed by atoms with van der Waals surface area (Å²) in [5.41, 5.74) is 7.17. The average Bonchev–Trinajstić information content (AvgIpc) is 2.71. The van der Waals surface area contributed by atoms with Gasteiger partial charge < -0.3 is 5.73 Å². The van der Waals surface area contributed by atoms with E-state index in [0.717, 1.165) is 18.4 Å². The van der Waals surface area contributed by atoms with Crippen molar-refractivity contribution in [2.75, 3.05) is 5.73 Å². The Bertz CT molecular complexity index is 503. The highest BCUT2D eigenvalue weighted by Crippen LogP contribution is 2.53. The molecule has 0 saturated heterocycles. The van der Waals surface area contributed by atoms with E-state index in [-0.39, 0.29) is 5.41 Å². The lowest BCUT2D eigenvalue weighted by Crippen LogP contribution is -2.34. The molecule has 1 aromatic rings. The summed E-state index contributed by atoms with van der Waals surface area (Å²) in [6.45, 7) is 6.47. The minimum atomic E-state index is -0.952. The van der Waals surface area contributed by atoms with Crippen molar-refractivity contribution in [2.45, 2.75) is 51.6 Å². The van der Waals surface area contributed by atoms with Gasteiger partial charge in [0.2, 0.25) is 0 Å². The Morgan fingerprint density at radius 3 is 2.89 bits per heavy atom. The van der Waals surface area contributed by atoms with Gasteiger partial charge in [-0.05, 0) is 29.7 Å². The number of alkyl halides is 1. The first kappa shape index (κ1) is 13.4. The first-order valence-electron chi connectivity index (χ1n) is 6.42.